The molecule has 40 heavy (non-hydrogen) atoms. The van der Waals surface area contributed by atoms with Crippen LogP contribution in [0.5, 0.6) is 5.75 Å². The number of aromatic amines is 1. The number of fused-ring (bicyclic) bond motifs is 1. The lowest BCUT2D eigenvalue weighted by atomic mass is 9.97. The molecule has 2 aromatic heterocycles. The highest BCUT2D eigenvalue weighted by atomic mass is 16.5. The van der Waals surface area contributed by atoms with E-state index in [0.29, 0.717) is 24.5 Å². The van der Waals surface area contributed by atoms with Gasteiger partial charge >= 0.3 is 0 Å². The second-order valence-corrected chi connectivity index (χ2v) is 11.5. The Hall–Kier alpha value is -3.56. The SMILES string of the molecule is CCC(C)(C)n1nnnc1C(c1cc2cc(C)cc(C)c2[nH]c1=O)N(Cc1ccc(OC)cc1)CC1CCCO1. The third-order valence-corrected chi connectivity index (χ3v) is 8.17. The van der Waals surface area contributed by atoms with E-state index in [1.165, 1.54) is 0 Å². The number of tetrazole rings is 1. The van der Waals surface area contributed by atoms with Crippen molar-refractivity contribution in [1.82, 2.24) is 30.1 Å². The lowest BCUT2D eigenvalue weighted by molar-refractivity contribution is 0.0562. The summed E-state index contributed by atoms with van der Waals surface area (Å²) in [6.07, 6.45) is 2.90. The third kappa shape index (κ3) is 5.67. The van der Waals surface area contributed by atoms with Crippen LogP contribution in [0.4, 0.5) is 0 Å². The van der Waals surface area contributed by atoms with E-state index in [9.17, 15) is 4.79 Å². The summed E-state index contributed by atoms with van der Waals surface area (Å²) in [5.41, 5.74) is 4.28. The van der Waals surface area contributed by atoms with Gasteiger partial charge < -0.3 is 14.5 Å². The highest BCUT2D eigenvalue weighted by Gasteiger charge is 2.36. The first-order valence-corrected chi connectivity index (χ1v) is 14.1. The lowest BCUT2D eigenvalue weighted by Gasteiger charge is -2.35. The predicted octanol–water partition coefficient (Wildman–Crippen LogP) is 5.06. The summed E-state index contributed by atoms with van der Waals surface area (Å²) in [5, 5.41) is 14.1. The molecule has 2 atom stereocenters. The summed E-state index contributed by atoms with van der Waals surface area (Å²) in [6, 6.07) is 13.8. The number of benzene rings is 2. The van der Waals surface area contributed by atoms with Crippen LogP contribution in [-0.2, 0) is 16.8 Å². The van der Waals surface area contributed by atoms with Gasteiger partial charge in [0.15, 0.2) is 5.82 Å². The summed E-state index contributed by atoms with van der Waals surface area (Å²) < 4.78 is 13.4. The molecular weight excluding hydrogens is 504 g/mol. The minimum Gasteiger partial charge on any atom is -0.497 e. The monoisotopic (exact) mass is 544 g/mol. The van der Waals surface area contributed by atoms with Gasteiger partial charge in [0, 0.05) is 25.3 Å². The zero-order valence-corrected chi connectivity index (χ0v) is 24.4. The van der Waals surface area contributed by atoms with Gasteiger partial charge in [-0.15, -0.1) is 5.10 Å². The van der Waals surface area contributed by atoms with Crippen LogP contribution >= 0.6 is 0 Å². The van der Waals surface area contributed by atoms with E-state index >= 15 is 0 Å². The van der Waals surface area contributed by atoms with Gasteiger partial charge in [-0.05, 0) is 98.2 Å². The van der Waals surface area contributed by atoms with E-state index in [4.69, 9.17) is 9.47 Å². The van der Waals surface area contributed by atoms with Crippen LogP contribution in [0.2, 0.25) is 0 Å². The minimum atomic E-state index is -0.499. The Morgan fingerprint density at radius 1 is 1.20 bits per heavy atom. The van der Waals surface area contributed by atoms with Gasteiger partial charge in [0.2, 0.25) is 0 Å². The third-order valence-electron chi connectivity index (χ3n) is 8.17. The van der Waals surface area contributed by atoms with Crippen molar-refractivity contribution in [2.24, 2.45) is 0 Å². The van der Waals surface area contributed by atoms with Crippen molar-refractivity contribution in [3.05, 3.63) is 80.9 Å². The Kier molecular flexibility index (Phi) is 8.05. The average Bonchev–Trinajstić information content (AvgIpc) is 3.63. The maximum Gasteiger partial charge on any atom is 0.253 e. The number of hydrogen-bond acceptors (Lipinski definition) is 7. The number of nitrogens with one attached hydrogen (secondary N) is 1. The lowest BCUT2D eigenvalue weighted by Crippen LogP contribution is -2.41. The molecule has 4 aromatic rings. The van der Waals surface area contributed by atoms with Crippen molar-refractivity contribution in [1.29, 1.82) is 0 Å². The highest BCUT2D eigenvalue weighted by Crippen LogP contribution is 2.33. The number of H-pyrrole nitrogens is 1. The fraction of sp³-hybridized carbons (Fsp3) is 0.484. The van der Waals surface area contributed by atoms with Gasteiger partial charge in [0.05, 0.1) is 24.3 Å². The van der Waals surface area contributed by atoms with Gasteiger partial charge in [0.25, 0.3) is 5.56 Å². The summed E-state index contributed by atoms with van der Waals surface area (Å²) in [5.74, 6) is 1.45. The van der Waals surface area contributed by atoms with Gasteiger partial charge in [-0.2, -0.15) is 0 Å². The second-order valence-electron chi connectivity index (χ2n) is 11.5. The fourth-order valence-corrected chi connectivity index (χ4v) is 5.63. The van der Waals surface area contributed by atoms with E-state index in [-0.39, 0.29) is 17.2 Å². The number of aromatic nitrogens is 5. The zero-order chi connectivity index (χ0) is 28.4. The molecule has 9 nitrogen and oxygen atoms in total. The van der Waals surface area contributed by atoms with Crippen LogP contribution < -0.4 is 10.3 Å². The Morgan fingerprint density at radius 3 is 2.65 bits per heavy atom. The molecular formula is C31H40N6O3. The number of ether oxygens (including phenoxy) is 2. The van der Waals surface area contributed by atoms with Crippen molar-refractivity contribution in [2.45, 2.75) is 78.1 Å². The zero-order valence-electron chi connectivity index (χ0n) is 24.4. The number of rotatable bonds is 10. The Balaban J connectivity index is 1.70. The largest absolute Gasteiger partial charge is 0.497 e. The molecule has 3 heterocycles. The smallest absolute Gasteiger partial charge is 0.253 e. The van der Waals surface area contributed by atoms with Crippen LogP contribution in [0, 0.1) is 13.8 Å². The quantitative estimate of drug-likeness (QED) is 0.298. The first kappa shape index (κ1) is 28.0. The standard InChI is InChI=1S/C31H40N6O3/c1-7-31(4,5)37-29(33-34-35-37)28(26-17-23-16-20(2)15-21(3)27(23)32-30(26)38)36(19-25-9-8-14-40-25)18-22-10-12-24(39-6)13-11-22/h10-13,15-17,25,28H,7-9,14,18-19H2,1-6H3,(H,32,38). The number of nitrogens with zero attached hydrogens (tertiary/aromatic N) is 5. The predicted molar refractivity (Wildman–Crippen MR) is 156 cm³/mol. The van der Waals surface area contributed by atoms with Crippen molar-refractivity contribution in [2.75, 3.05) is 20.3 Å². The van der Waals surface area contributed by atoms with Gasteiger partial charge in [0.1, 0.15) is 11.8 Å². The van der Waals surface area contributed by atoms with Crippen LogP contribution in [0.1, 0.15) is 74.2 Å². The minimum absolute atomic E-state index is 0.0632. The number of hydrogen-bond donors (Lipinski definition) is 1. The van der Waals surface area contributed by atoms with Crippen LogP contribution in [0.25, 0.3) is 10.9 Å². The van der Waals surface area contributed by atoms with Crippen molar-refractivity contribution < 1.29 is 9.47 Å². The van der Waals surface area contributed by atoms with Crippen molar-refractivity contribution in [3.63, 3.8) is 0 Å². The van der Waals surface area contributed by atoms with E-state index < -0.39 is 6.04 Å². The molecule has 1 N–H and O–H groups in total. The molecule has 0 bridgehead atoms. The van der Waals surface area contributed by atoms with Crippen molar-refractivity contribution >= 4 is 10.9 Å². The van der Waals surface area contributed by atoms with Gasteiger partial charge in [-0.1, -0.05) is 30.7 Å². The first-order valence-electron chi connectivity index (χ1n) is 14.1. The topological polar surface area (TPSA) is 98.2 Å². The van der Waals surface area contributed by atoms with E-state index in [1.54, 1.807) is 7.11 Å². The molecule has 0 aliphatic carbocycles. The molecule has 1 aliphatic rings. The van der Waals surface area contributed by atoms with E-state index in [1.807, 2.05) is 29.8 Å². The summed E-state index contributed by atoms with van der Waals surface area (Å²) in [4.78, 5) is 19.4. The summed E-state index contributed by atoms with van der Waals surface area (Å²) in [7, 11) is 1.67. The fourth-order valence-electron chi connectivity index (χ4n) is 5.63. The molecule has 2 unspecified atom stereocenters. The molecule has 1 fully saturated rings. The molecule has 0 spiro atoms. The molecule has 1 aliphatic heterocycles. The molecule has 9 heteroatoms. The van der Waals surface area contributed by atoms with Crippen molar-refractivity contribution in [3.8, 4) is 5.75 Å². The molecule has 1 saturated heterocycles. The molecule has 0 amide bonds. The Bertz CT molecular complexity index is 1520. The summed E-state index contributed by atoms with van der Waals surface area (Å²) in [6.45, 7) is 12.4. The number of methoxy groups -OCH3 is 1. The Labute approximate surface area is 235 Å². The van der Waals surface area contributed by atoms with E-state index in [0.717, 1.165) is 59.2 Å². The molecule has 0 radical (unpaired) electrons. The first-order chi connectivity index (χ1) is 19.2. The molecule has 2 aromatic carbocycles. The highest BCUT2D eigenvalue weighted by molar-refractivity contribution is 5.83. The molecule has 212 valence electrons. The molecule has 0 saturated carbocycles. The van der Waals surface area contributed by atoms with Crippen LogP contribution in [-0.4, -0.2) is 56.5 Å². The maximum atomic E-state index is 13.9. The normalized spacial score (nSPS) is 16.6. The second kappa shape index (κ2) is 11.5. The Morgan fingerprint density at radius 2 is 1.98 bits per heavy atom. The maximum absolute atomic E-state index is 13.9. The van der Waals surface area contributed by atoms with Crippen LogP contribution in [0.3, 0.4) is 0 Å². The van der Waals surface area contributed by atoms with Gasteiger partial charge in [-0.3, -0.25) is 9.69 Å². The van der Waals surface area contributed by atoms with Gasteiger partial charge in [-0.25, -0.2) is 4.68 Å². The number of pyridine rings is 1. The van der Waals surface area contributed by atoms with Crippen LogP contribution in [0.15, 0.2) is 47.3 Å². The number of aryl methyl sites for hydroxylation is 2. The summed E-state index contributed by atoms with van der Waals surface area (Å²) >= 11 is 0. The average molecular weight is 545 g/mol. The van der Waals surface area contributed by atoms with E-state index in [2.05, 4.69) is 77.4 Å². The molecule has 5 rings (SSSR count).